The van der Waals surface area contributed by atoms with E-state index in [4.69, 9.17) is 10.5 Å². The molecular formula is C10H17N3O3S. The van der Waals surface area contributed by atoms with Gasteiger partial charge in [-0.2, -0.15) is 0 Å². The van der Waals surface area contributed by atoms with E-state index >= 15 is 0 Å². The molecule has 0 bridgehead atoms. The van der Waals surface area contributed by atoms with E-state index in [1.54, 1.807) is 6.07 Å². The molecule has 0 spiro atoms. The molecule has 4 N–H and O–H groups in total. The lowest BCUT2D eigenvalue weighted by molar-refractivity contribution is 0.117. The molecule has 7 heteroatoms. The molecule has 1 aliphatic rings. The largest absolute Gasteiger partial charge is 0.377 e. The molecule has 1 fully saturated rings. The van der Waals surface area contributed by atoms with Gasteiger partial charge in [0.05, 0.1) is 17.0 Å². The van der Waals surface area contributed by atoms with E-state index in [1.165, 1.54) is 6.20 Å². The minimum atomic E-state index is -3.48. The first kappa shape index (κ1) is 12.6. The molecule has 1 aromatic rings. The van der Waals surface area contributed by atoms with Gasteiger partial charge in [0.25, 0.3) is 0 Å². The third-order valence-electron chi connectivity index (χ3n) is 2.93. The van der Waals surface area contributed by atoms with Crippen molar-refractivity contribution in [3.63, 3.8) is 0 Å². The average molecular weight is 259 g/mol. The molecule has 0 radical (unpaired) electrons. The number of aromatic amines is 1. The maximum absolute atomic E-state index is 12.0. The second-order valence-electron chi connectivity index (χ2n) is 4.16. The molecule has 2 atom stereocenters. The van der Waals surface area contributed by atoms with Crippen LogP contribution in [0.1, 0.15) is 19.0 Å². The maximum Gasteiger partial charge on any atom is 0.242 e. The fourth-order valence-electron chi connectivity index (χ4n) is 1.85. The van der Waals surface area contributed by atoms with Gasteiger partial charge >= 0.3 is 0 Å². The molecule has 17 heavy (non-hydrogen) atoms. The Morgan fingerprint density at radius 2 is 2.41 bits per heavy atom. The normalized spacial score (nSPS) is 25.3. The number of hydrogen-bond acceptors (Lipinski definition) is 4. The fourth-order valence-corrected chi connectivity index (χ4v) is 3.20. The number of sulfonamides is 1. The zero-order valence-electron chi connectivity index (χ0n) is 9.64. The number of ether oxygens (including phenoxy) is 1. The standard InChI is InChI=1S/C10H17N3O3S/c1-7-10(2-3-16-7)13-17(14,15)9-4-8(5-11)12-6-9/h4,6-7,10,12-13H,2-3,5,11H2,1H3. The molecule has 96 valence electrons. The van der Waals surface area contributed by atoms with Crippen molar-refractivity contribution in [1.82, 2.24) is 9.71 Å². The Kier molecular flexibility index (Phi) is 3.53. The van der Waals surface area contributed by atoms with Crippen LogP contribution < -0.4 is 10.5 Å². The first-order chi connectivity index (χ1) is 8.03. The number of aromatic nitrogens is 1. The molecule has 0 aliphatic carbocycles. The highest BCUT2D eigenvalue weighted by molar-refractivity contribution is 7.89. The van der Waals surface area contributed by atoms with Gasteiger partial charge in [0.15, 0.2) is 0 Å². The minimum absolute atomic E-state index is 0.0855. The molecule has 0 amide bonds. The Morgan fingerprint density at radius 1 is 1.65 bits per heavy atom. The fraction of sp³-hybridized carbons (Fsp3) is 0.600. The average Bonchev–Trinajstić information content (AvgIpc) is 2.88. The van der Waals surface area contributed by atoms with Crippen LogP contribution in [0.4, 0.5) is 0 Å². The van der Waals surface area contributed by atoms with E-state index in [0.29, 0.717) is 25.3 Å². The summed E-state index contributed by atoms with van der Waals surface area (Å²) in [5.41, 5.74) is 6.12. The summed E-state index contributed by atoms with van der Waals surface area (Å²) in [4.78, 5) is 3.04. The summed E-state index contributed by atoms with van der Waals surface area (Å²) in [6.45, 7) is 2.75. The highest BCUT2D eigenvalue weighted by atomic mass is 32.2. The van der Waals surface area contributed by atoms with E-state index in [0.717, 1.165) is 0 Å². The Morgan fingerprint density at radius 3 is 2.94 bits per heavy atom. The quantitative estimate of drug-likeness (QED) is 0.705. The lowest BCUT2D eigenvalue weighted by Gasteiger charge is -2.15. The summed E-state index contributed by atoms with van der Waals surface area (Å²) in [6.07, 6.45) is 2.07. The third kappa shape index (κ3) is 2.68. The van der Waals surface area contributed by atoms with Crippen molar-refractivity contribution in [3.05, 3.63) is 18.0 Å². The first-order valence-corrected chi connectivity index (χ1v) is 7.02. The predicted molar refractivity (Wildman–Crippen MR) is 62.8 cm³/mol. The van der Waals surface area contributed by atoms with Crippen LogP contribution in [-0.2, 0) is 21.3 Å². The van der Waals surface area contributed by atoms with Gasteiger partial charge in [-0.3, -0.25) is 0 Å². The zero-order chi connectivity index (χ0) is 12.5. The van der Waals surface area contributed by atoms with Crippen molar-refractivity contribution < 1.29 is 13.2 Å². The van der Waals surface area contributed by atoms with Crippen LogP contribution in [0.3, 0.4) is 0 Å². The summed E-state index contributed by atoms with van der Waals surface area (Å²) in [7, 11) is -3.48. The zero-order valence-corrected chi connectivity index (χ0v) is 10.5. The molecule has 2 rings (SSSR count). The lowest BCUT2D eigenvalue weighted by Crippen LogP contribution is -2.38. The molecular weight excluding hydrogens is 242 g/mol. The summed E-state index contributed by atoms with van der Waals surface area (Å²) in [5, 5.41) is 0. The van der Waals surface area contributed by atoms with E-state index < -0.39 is 10.0 Å². The molecule has 1 saturated heterocycles. The number of nitrogens with two attached hydrogens (primary N) is 1. The summed E-state index contributed by atoms with van der Waals surface area (Å²) in [5.74, 6) is 0. The van der Waals surface area contributed by atoms with Gasteiger partial charge in [-0.25, -0.2) is 13.1 Å². The minimum Gasteiger partial charge on any atom is -0.377 e. The predicted octanol–water partition coefficient (Wildman–Crippen LogP) is -0.0709. The lowest BCUT2D eigenvalue weighted by atomic mass is 10.2. The van der Waals surface area contributed by atoms with Gasteiger partial charge in [-0.15, -0.1) is 0 Å². The van der Waals surface area contributed by atoms with Gasteiger partial charge in [0.2, 0.25) is 10.0 Å². The summed E-state index contributed by atoms with van der Waals surface area (Å²) in [6, 6.07) is 1.39. The van der Waals surface area contributed by atoms with Gasteiger partial charge in [0, 0.05) is 25.0 Å². The van der Waals surface area contributed by atoms with Crippen LogP contribution in [0, 0.1) is 0 Å². The van der Waals surface area contributed by atoms with Gasteiger partial charge in [-0.1, -0.05) is 0 Å². The number of rotatable bonds is 4. The maximum atomic E-state index is 12.0. The van der Waals surface area contributed by atoms with Crippen molar-refractivity contribution in [2.24, 2.45) is 5.73 Å². The number of nitrogens with one attached hydrogen (secondary N) is 2. The Hall–Kier alpha value is -0.890. The number of H-pyrrole nitrogens is 1. The molecule has 1 aliphatic heterocycles. The molecule has 6 nitrogen and oxygen atoms in total. The van der Waals surface area contributed by atoms with Crippen LogP contribution in [0.5, 0.6) is 0 Å². The van der Waals surface area contributed by atoms with Crippen molar-refractivity contribution in [3.8, 4) is 0 Å². The molecule has 0 aromatic carbocycles. The van der Waals surface area contributed by atoms with Crippen LogP contribution in [0.2, 0.25) is 0 Å². The van der Waals surface area contributed by atoms with E-state index in [2.05, 4.69) is 9.71 Å². The van der Waals surface area contributed by atoms with Crippen LogP contribution in [0.25, 0.3) is 0 Å². The first-order valence-electron chi connectivity index (χ1n) is 5.54. The van der Waals surface area contributed by atoms with Gasteiger partial charge < -0.3 is 15.5 Å². The van der Waals surface area contributed by atoms with Crippen molar-refractivity contribution >= 4 is 10.0 Å². The van der Waals surface area contributed by atoms with E-state index in [1.807, 2.05) is 6.92 Å². The van der Waals surface area contributed by atoms with Crippen LogP contribution >= 0.6 is 0 Å². The van der Waals surface area contributed by atoms with Crippen molar-refractivity contribution in [1.29, 1.82) is 0 Å². The van der Waals surface area contributed by atoms with Crippen molar-refractivity contribution in [2.45, 2.75) is 36.9 Å². The second-order valence-corrected chi connectivity index (χ2v) is 5.87. The molecule has 2 unspecified atom stereocenters. The monoisotopic (exact) mass is 259 g/mol. The summed E-state index contributed by atoms with van der Waals surface area (Å²) < 4.78 is 32.0. The second kappa shape index (κ2) is 4.77. The third-order valence-corrected chi connectivity index (χ3v) is 4.40. The number of hydrogen-bond donors (Lipinski definition) is 3. The van der Waals surface area contributed by atoms with Crippen LogP contribution in [0.15, 0.2) is 17.2 Å². The van der Waals surface area contributed by atoms with Gasteiger partial charge in [-0.05, 0) is 19.4 Å². The summed E-state index contributed by atoms with van der Waals surface area (Å²) >= 11 is 0. The Bertz CT molecular complexity index is 483. The highest BCUT2D eigenvalue weighted by Crippen LogP contribution is 2.17. The topological polar surface area (TPSA) is 97.2 Å². The van der Waals surface area contributed by atoms with Crippen LogP contribution in [-0.4, -0.2) is 32.2 Å². The van der Waals surface area contributed by atoms with E-state index in [-0.39, 0.29) is 17.0 Å². The Labute approximate surface area is 101 Å². The van der Waals surface area contributed by atoms with Crippen molar-refractivity contribution in [2.75, 3.05) is 6.61 Å². The van der Waals surface area contributed by atoms with Gasteiger partial charge in [0.1, 0.15) is 0 Å². The molecule has 2 heterocycles. The Balaban J connectivity index is 2.13. The molecule has 1 aromatic heterocycles. The van der Waals surface area contributed by atoms with E-state index in [9.17, 15) is 8.42 Å². The molecule has 0 saturated carbocycles. The smallest absolute Gasteiger partial charge is 0.242 e. The SMILES string of the molecule is CC1OCCC1NS(=O)(=O)c1c[nH]c(CN)c1. The highest BCUT2D eigenvalue weighted by Gasteiger charge is 2.29.